The van der Waals surface area contributed by atoms with Gasteiger partial charge < -0.3 is 20.2 Å². The first-order valence-corrected chi connectivity index (χ1v) is 10.3. The van der Waals surface area contributed by atoms with E-state index in [0.717, 1.165) is 56.6 Å². The van der Waals surface area contributed by atoms with Gasteiger partial charge in [0, 0.05) is 45.5 Å². The van der Waals surface area contributed by atoms with Gasteiger partial charge in [-0.2, -0.15) is 0 Å². The minimum absolute atomic E-state index is 0.303. The van der Waals surface area contributed by atoms with E-state index < -0.39 is 6.10 Å². The Kier molecular flexibility index (Phi) is 8.45. The van der Waals surface area contributed by atoms with Crippen molar-refractivity contribution in [2.24, 2.45) is 0 Å². The first kappa shape index (κ1) is 22.5. The van der Waals surface area contributed by atoms with Crippen molar-refractivity contribution in [3.05, 3.63) is 71.3 Å². The quantitative estimate of drug-likeness (QED) is 0.584. The van der Waals surface area contributed by atoms with Gasteiger partial charge in [-0.05, 0) is 41.8 Å². The number of hydrogen-bond acceptors (Lipinski definition) is 5. The van der Waals surface area contributed by atoms with Crippen molar-refractivity contribution >= 4 is 6.21 Å². The van der Waals surface area contributed by atoms with Crippen LogP contribution >= 0.6 is 0 Å². The number of piperazine rings is 1. The van der Waals surface area contributed by atoms with E-state index >= 15 is 0 Å². The maximum atomic E-state index is 13.3. The summed E-state index contributed by atoms with van der Waals surface area (Å²) in [5, 5.41) is 16.5. The second kappa shape index (κ2) is 11.3. The molecule has 1 saturated heterocycles. The summed E-state index contributed by atoms with van der Waals surface area (Å²) in [6.45, 7) is 5.75. The summed E-state index contributed by atoms with van der Waals surface area (Å²) in [6, 6.07) is 12.4. The highest BCUT2D eigenvalue weighted by Gasteiger charge is 2.19. The van der Waals surface area contributed by atoms with E-state index in [4.69, 9.17) is 10.1 Å². The molecule has 30 heavy (non-hydrogen) atoms. The summed E-state index contributed by atoms with van der Waals surface area (Å²) in [6.07, 6.45) is 0.622. The van der Waals surface area contributed by atoms with Crippen LogP contribution in [0.25, 0.3) is 0 Å². The van der Waals surface area contributed by atoms with Crippen LogP contribution in [0, 0.1) is 17.0 Å². The van der Waals surface area contributed by atoms with Crippen LogP contribution in [-0.2, 0) is 4.74 Å². The number of benzene rings is 2. The molecule has 1 fully saturated rings. The number of nitrogens with zero attached hydrogens (tertiary/aromatic N) is 2. The predicted octanol–water partition coefficient (Wildman–Crippen LogP) is 3.09. The van der Waals surface area contributed by atoms with Crippen LogP contribution in [0.2, 0.25) is 0 Å². The highest BCUT2D eigenvalue weighted by atomic mass is 19.1. The van der Waals surface area contributed by atoms with Crippen LogP contribution in [0.3, 0.4) is 0 Å². The lowest BCUT2D eigenvalue weighted by Crippen LogP contribution is -2.47. The summed E-state index contributed by atoms with van der Waals surface area (Å²) in [5.41, 5.74) is 1.66. The van der Waals surface area contributed by atoms with E-state index in [1.807, 2.05) is 0 Å². The Morgan fingerprint density at radius 3 is 1.80 bits per heavy atom. The molecule has 7 heteroatoms. The number of nitrogens with one attached hydrogen (secondary N) is 1. The third kappa shape index (κ3) is 6.67. The Balaban J connectivity index is 1.51. The number of rotatable bonds is 10. The molecule has 1 heterocycles. The number of ether oxygens (including phenoxy) is 1. The molecule has 5 nitrogen and oxygen atoms in total. The molecule has 162 valence electrons. The fraction of sp³-hybridized carbons (Fsp3) is 0.435. The maximum Gasteiger partial charge on any atom is 0.123 e. The monoisotopic (exact) mass is 417 g/mol. The fourth-order valence-corrected chi connectivity index (χ4v) is 3.59. The lowest BCUT2D eigenvalue weighted by atomic mass is 10.0. The standard InChI is InChI=1S/C23H29F2N3O2/c24-20-5-1-18(2-6-20)23(19-3-7-21(25)8-4-19)30-16-15-28-13-11-27(12-14-28)10-9-22(29)17-26/h1-8,17,22-23,26,29H,9-16H2. The van der Waals surface area contributed by atoms with E-state index in [1.54, 1.807) is 24.3 Å². The predicted molar refractivity (Wildman–Crippen MR) is 113 cm³/mol. The van der Waals surface area contributed by atoms with Gasteiger partial charge in [-0.3, -0.25) is 4.90 Å². The molecule has 1 aliphatic heterocycles. The molecule has 2 aromatic carbocycles. The van der Waals surface area contributed by atoms with E-state index in [0.29, 0.717) is 13.0 Å². The van der Waals surface area contributed by atoms with Gasteiger partial charge in [0.05, 0.1) is 12.7 Å². The van der Waals surface area contributed by atoms with Gasteiger partial charge in [0.25, 0.3) is 0 Å². The molecule has 3 rings (SSSR count). The van der Waals surface area contributed by atoms with Crippen molar-refractivity contribution in [2.75, 3.05) is 45.9 Å². The number of aliphatic hydroxyl groups is 1. The Hall–Kier alpha value is -2.19. The average Bonchev–Trinajstić information content (AvgIpc) is 2.77. The van der Waals surface area contributed by atoms with Crippen molar-refractivity contribution in [3.63, 3.8) is 0 Å². The van der Waals surface area contributed by atoms with Crippen LogP contribution < -0.4 is 0 Å². The molecule has 1 atom stereocenters. The molecule has 0 spiro atoms. The zero-order valence-electron chi connectivity index (χ0n) is 17.0. The minimum Gasteiger partial charge on any atom is -0.387 e. The van der Waals surface area contributed by atoms with Gasteiger partial charge in [0.2, 0.25) is 0 Å². The van der Waals surface area contributed by atoms with Gasteiger partial charge in [-0.15, -0.1) is 0 Å². The van der Waals surface area contributed by atoms with Gasteiger partial charge in [-0.1, -0.05) is 24.3 Å². The Morgan fingerprint density at radius 1 is 0.867 bits per heavy atom. The van der Waals surface area contributed by atoms with Crippen LogP contribution in [-0.4, -0.2) is 73.1 Å². The van der Waals surface area contributed by atoms with E-state index in [9.17, 15) is 13.9 Å². The zero-order chi connectivity index (χ0) is 21.3. The third-order valence-electron chi connectivity index (χ3n) is 5.44. The summed E-state index contributed by atoms with van der Waals surface area (Å²) in [5.74, 6) is -0.606. The van der Waals surface area contributed by atoms with Crippen molar-refractivity contribution in [1.82, 2.24) is 9.80 Å². The first-order valence-electron chi connectivity index (χ1n) is 10.3. The second-order valence-electron chi connectivity index (χ2n) is 7.56. The first-order chi connectivity index (χ1) is 14.5. The van der Waals surface area contributed by atoms with Gasteiger partial charge >= 0.3 is 0 Å². The molecule has 0 saturated carbocycles. The fourth-order valence-electron chi connectivity index (χ4n) is 3.59. The van der Waals surface area contributed by atoms with Gasteiger partial charge in [-0.25, -0.2) is 8.78 Å². The molecule has 2 aromatic rings. The molecule has 0 aliphatic carbocycles. The van der Waals surface area contributed by atoms with Gasteiger partial charge in [0.1, 0.15) is 17.7 Å². The van der Waals surface area contributed by atoms with E-state index in [2.05, 4.69) is 9.80 Å². The summed E-state index contributed by atoms with van der Waals surface area (Å²) < 4.78 is 32.8. The Labute approximate surface area is 176 Å². The van der Waals surface area contributed by atoms with Crippen LogP contribution in [0.5, 0.6) is 0 Å². The smallest absolute Gasteiger partial charge is 0.123 e. The van der Waals surface area contributed by atoms with Crippen LogP contribution in [0.1, 0.15) is 23.7 Å². The normalized spacial score (nSPS) is 16.7. The summed E-state index contributed by atoms with van der Waals surface area (Å²) in [4.78, 5) is 4.62. The van der Waals surface area contributed by atoms with E-state index in [1.165, 1.54) is 24.3 Å². The average molecular weight is 418 g/mol. The highest BCUT2D eigenvalue weighted by molar-refractivity contribution is 5.58. The van der Waals surface area contributed by atoms with E-state index in [-0.39, 0.29) is 17.7 Å². The van der Waals surface area contributed by atoms with Crippen molar-refractivity contribution in [3.8, 4) is 0 Å². The highest BCUT2D eigenvalue weighted by Crippen LogP contribution is 2.26. The van der Waals surface area contributed by atoms with Crippen molar-refractivity contribution in [2.45, 2.75) is 18.6 Å². The Morgan fingerprint density at radius 2 is 1.33 bits per heavy atom. The van der Waals surface area contributed by atoms with Crippen molar-refractivity contribution in [1.29, 1.82) is 5.41 Å². The van der Waals surface area contributed by atoms with Crippen LogP contribution in [0.4, 0.5) is 8.78 Å². The molecule has 0 radical (unpaired) electrons. The summed E-state index contributed by atoms with van der Waals surface area (Å²) in [7, 11) is 0. The second-order valence-corrected chi connectivity index (χ2v) is 7.56. The molecule has 0 bridgehead atoms. The summed E-state index contributed by atoms with van der Waals surface area (Å²) >= 11 is 0. The largest absolute Gasteiger partial charge is 0.387 e. The van der Waals surface area contributed by atoms with Gasteiger partial charge in [0.15, 0.2) is 0 Å². The number of halogens is 2. The molecular formula is C23H29F2N3O2. The number of aliphatic hydroxyl groups excluding tert-OH is 1. The van der Waals surface area contributed by atoms with Crippen LogP contribution in [0.15, 0.2) is 48.5 Å². The van der Waals surface area contributed by atoms with Crippen molar-refractivity contribution < 1.29 is 18.6 Å². The molecular weight excluding hydrogens is 388 g/mol. The third-order valence-corrected chi connectivity index (χ3v) is 5.44. The molecule has 0 aromatic heterocycles. The topological polar surface area (TPSA) is 59.8 Å². The minimum atomic E-state index is -0.661. The molecule has 0 amide bonds. The lowest BCUT2D eigenvalue weighted by Gasteiger charge is -2.35. The Bertz CT molecular complexity index is 733. The molecule has 1 unspecified atom stereocenters. The lowest BCUT2D eigenvalue weighted by molar-refractivity contribution is 0.0439. The molecule has 1 aliphatic rings. The zero-order valence-corrected chi connectivity index (χ0v) is 17.0. The SMILES string of the molecule is N=CC(O)CCN1CCN(CCOC(c2ccc(F)cc2)c2ccc(F)cc2)CC1. The maximum absolute atomic E-state index is 13.3. The number of hydrogen-bond donors (Lipinski definition) is 2. The molecule has 2 N–H and O–H groups in total.